The van der Waals surface area contributed by atoms with E-state index in [0.29, 0.717) is 24.0 Å². The van der Waals surface area contributed by atoms with Gasteiger partial charge in [-0.2, -0.15) is 5.10 Å². The summed E-state index contributed by atoms with van der Waals surface area (Å²) in [5, 5.41) is 18.3. The summed E-state index contributed by atoms with van der Waals surface area (Å²) < 4.78 is 1.51. The van der Waals surface area contributed by atoms with Crippen molar-refractivity contribution in [2.45, 2.75) is 33.2 Å². The number of nitrogens with one attached hydrogen (secondary N) is 1. The Balaban J connectivity index is 2.15. The summed E-state index contributed by atoms with van der Waals surface area (Å²) in [6, 6.07) is 8.25. The van der Waals surface area contributed by atoms with Gasteiger partial charge in [0.1, 0.15) is 5.69 Å². The minimum Gasteiger partial charge on any atom is -0.360 e. The molecule has 1 aromatic carbocycles. The van der Waals surface area contributed by atoms with Crippen molar-refractivity contribution in [2.75, 3.05) is 5.32 Å². The van der Waals surface area contributed by atoms with Crippen LogP contribution in [0.25, 0.3) is 0 Å². The number of hydrogen-bond acceptors (Lipinski definition) is 4. The summed E-state index contributed by atoms with van der Waals surface area (Å²) in [5.41, 5.74) is 2.81. The van der Waals surface area contributed by atoms with E-state index in [4.69, 9.17) is 0 Å². The van der Waals surface area contributed by atoms with E-state index in [-0.39, 0.29) is 5.69 Å². The fraction of sp³-hybridized carbons (Fsp3) is 0.400. The van der Waals surface area contributed by atoms with Gasteiger partial charge in [0.25, 0.3) is 0 Å². The van der Waals surface area contributed by atoms with Gasteiger partial charge in [-0.15, -0.1) is 0 Å². The van der Waals surface area contributed by atoms with Crippen LogP contribution in [-0.2, 0) is 13.6 Å². The highest BCUT2D eigenvalue weighted by molar-refractivity contribution is 5.59. The Morgan fingerprint density at radius 3 is 2.48 bits per heavy atom. The van der Waals surface area contributed by atoms with Gasteiger partial charge in [0, 0.05) is 13.6 Å². The molecule has 0 aliphatic rings. The van der Waals surface area contributed by atoms with Crippen molar-refractivity contribution in [1.82, 2.24) is 9.78 Å². The van der Waals surface area contributed by atoms with Crippen molar-refractivity contribution < 1.29 is 4.92 Å². The number of aryl methyl sites for hydroxylation is 2. The smallest absolute Gasteiger partial charge is 0.333 e. The molecule has 0 saturated carbocycles. The highest BCUT2D eigenvalue weighted by Gasteiger charge is 2.23. The number of nitro groups is 1. The summed E-state index contributed by atoms with van der Waals surface area (Å²) in [6.07, 6.45) is 0. The van der Waals surface area contributed by atoms with E-state index < -0.39 is 4.92 Å². The van der Waals surface area contributed by atoms with Gasteiger partial charge >= 0.3 is 5.69 Å². The van der Waals surface area contributed by atoms with Crippen LogP contribution in [0.1, 0.15) is 36.6 Å². The van der Waals surface area contributed by atoms with E-state index in [9.17, 15) is 10.1 Å². The topological polar surface area (TPSA) is 73.0 Å². The summed E-state index contributed by atoms with van der Waals surface area (Å²) >= 11 is 0. The van der Waals surface area contributed by atoms with Gasteiger partial charge in [0.15, 0.2) is 0 Å². The lowest BCUT2D eigenvalue weighted by molar-refractivity contribution is -0.384. The van der Waals surface area contributed by atoms with Crippen LogP contribution in [-0.4, -0.2) is 14.7 Å². The summed E-state index contributed by atoms with van der Waals surface area (Å²) in [6.45, 7) is 6.46. The van der Waals surface area contributed by atoms with E-state index in [1.54, 1.807) is 14.0 Å². The fourth-order valence-electron chi connectivity index (χ4n) is 2.27. The Morgan fingerprint density at radius 1 is 1.33 bits per heavy atom. The zero-order chi connectivity index (χ0) is 15.6. The molecule has 0 unspecified atom stereocenters. The average Bonchev–Trinajstić information content (AvgIpc) is 2.71. The zero-order valence-corrected chi connectivity index (χ0v) is 12.8. The maximum atomic E-state index is 11.1. The van der Waals surface area contributed by atoms with Crippen LogP contribution >= 0.6 is 0 Å². The van der Waals surface area contributed by atoms with E-state index in [1.807, 2.05) is 12.1 Å². The van der Waals surface area contributed by atoms with Gasteiger partial charge in [0.2, 0.25) is 5.82 Å². The van der Waals surface area contributed by atoms with Crippen molar-refractivity contribution in [3.05, 3.63) is 51.2 Å². The third-order valence-corrected chi connectivity index (χ3v) is 3.48. The zero-order valence-electron chi connectivity index (χ0n) is 12.8. The van der Waals surface area contributed by atoms with Gasteiger partial charge in [-0.05, 0) is 24.0 Å². The van der Waals surface area contributed by atoms with E-state index in [2.05, 4.69) is 36.4 Å². The van der Waals surface area contributed by atoms with Crippen LogP contribution < -0.4 is 5.32 Å². The average molecular weight is 288 g/mol. The molecule has 1 aromatic heterocycles. The van der Waals surface area contributed by atoms with Gasteiger partial charge in [0.05, 0.1) is 4.92 Å². The third-order valence-electron chi connectivity index (χ3n) is 3.48. The molecular formula is C15H20N4O2. The Morgan fingerprint density at radius 2 is 1.95 bits per heavy atom. The van der Waals surface area contributed by atoms with Crippen molar-refractivity contribution in [3.8, 4) is 0 Å². The molecule has 6 nitrogen and oxygen atoms in total. The quantitative estimate of drug-likeness (QED) is 0.676. The highest BCUT2D eigenvalue weighted by Crippen LogP contribution is 2.27. The molecule has 0 atom stereocenters. The summed E-state index contributed by atoms with van der Waals surface area (Å²) in [7, 11) is 1.70. The molecule has 0 radical (unpaired) electrons. The van der Waals surface area contributed by atoms with Crippen LogP contribution in [0.3, 0.4) is 0 Å². The summed E-state index contributed by atoms with van der Waals surface area (Å²) in [4.78, 5) is 10.7. The second-order valence-corrected chi connectivity index (χ2v) is 5.41. The van der Waals surface area contributed by atoms with Crippen molar-refractivity contribution in [2.24, 2.45) is 7.05 Å². The molecule has 1 N–H and O–H groups in total. The maximum Gasteiger partial charge on any atom is 0.333 e. The van der Waals surface area contributed by atoms with Crippen molar-refractivity contribution in [1.29, 1.82) is 0 Å². The molecule has 2 rings (SSSR count). The second kappa shape index (κ2) is 5.95. The Bertz CT molecular complexity index is 644. The lowest BCUT2D eigenvalue weighted by Gasteiger charge is -2.09. The molecule has 0 bridgehead atoms. The SMILES string of the molecule is Cc1nn(C)c(NCc2ccc(C(C)C)cc2)c1[N+](=O)[O-]. The van der Waals surface area contributed by atoms with Crippen molar-refractivity contribution in [3.63, 3.8) is 0 Å². The predicted molar refractivity (Wildman–Crippen MR) is 82.5 cm³/mol. The molecule has 0 spiro atoms. The number of aromatic nitrogens is 2. The number of benzene rings is 1. The first-order chi connectivity index (χ1) is 9.90. The first-order valence-corrected chi connectivity index (χ1v) is 6.91. The standard InChI is InChI=1S/C15H20N4O2/c1-10(2)13-7-5-12(6-8-13)9-16-15-14(19(20)21)11(3)17-18(15)4/h5-8,10,16H,9H2,1-4H3. The number of hydrogen-bond donors (Lipinski definition) is 1. The second-order valence-electron chi connectivity index (χ2n) is 5.41. The summed E-state index contributed by atoms with van der Waals surface area (Å²) in [5.74, 6) is 0.929. The van der Waals surface area contributed by atoms with Crippen LogP contribution in [0.2, 0.25) is 0 Å². The molecule has 0 aliphatic carbocycles. The van der Waals surface area contributed by atoms with E-state index >= 15 is 0 Å². The normalized spacial score (nSPS) is 10.9. The van der Waals surface area contributed by atoms with Gasteiger partial charge in [-0.3, -0.25) is 10.1 Å². The number of anilines is 1. The lowest BCUT2D eigenvalue weighted by Crippen LogP contribution is -2.06. The molecule has 6 heteroatoms. The fourth-order valence-corrected chi connectivity index (χ4v) is 2.27. The van der Waals surface area contributed by atoms with Gasteiger partial charge in [-0.1, -0.05) is 38.1 Å². The van der Waals surface area contributed by atoms with Crippen LogP contribution in [0.4, 0.5) is 11.5 Å². The van der Waals surface area contributed by atoms with Gasteiger partial charge in [-0.25, -0.2) is 4.68 Å². The minimum absolute atomic E-state index is 0.0382. The number of rotatable bonds is 5. The predicted octanol–water partition coefficient (Wildman–Crippen LogP) is 3.37. The molecule has 0 aliphatic heterocycles. The van der Waals surface area contributed by atoms with Crippen LogP contribution in [0, 0.1) is 17.0 Å². The largest absolute Gasteiger partial charge is 0.360 e. The van der Waals surface area contributed by atoms with Crippen LogP contribution in [0.5, 0.6) is 0 Å². The Kier molecular flexibility index (Phi) is 4.26. The molecule has 112 valence electrons. The molecule has 1 heterocycles. The molecular weight excluding hydrogens is 268 g/mol. The van der Waals surface area contributed by atoms with E-state index in [1.165, 1.54) is 10.2 Å². The molecule has 0 amide bonds. The third kappa shape index (κ3) is 3.21. The maximum absolute atomic E-state index is 11.1. The minimum atomic E-state index is -0.396. The van der Waals surface area contributed by atoms with Crippen LogP contribution in [0.15, 0.2) is 24.3 Å². The molecule has 21 heavy (non-hydrogen) atoms. The van der Waals surface area contributed by atoms with Gasteiger partial charge < -0.3 is 5.32 Å². The Hall–Kier alpha value is -2.37. The molecule has 0 fully saturated rings. The first-order valence-electron chi connectivity index (χ1n) is 6.91. The Labute approximate surface area is 123 Å². The lowest BCUT2D eigenvalue weighted by atomic mass is 10.0. The first kappa shape index (κ1) is 15.0. The molecule has 0 saturated heterocycles. The number of nitrogens with zero attached hydrogens (tertiary/aromatic N) is 3. The van der Waals surface area contributed by atoms with Crippen molar-refractivity contribution >= 4 is 11.5 Å². The monoisotopic (exact) mass is 288 g/mol. The van der Waals surface area contributed by atoms with E-state index in [0.717, 1.165) is 5.56 Å². The highest BCUT2D eigenvalue weighted by atomic mass is 16.6. The molecule has 2 aromatic rings.